The maximum Gasteiger partial charge on any atom is 0.278 e. The van der Waals surface area contributed by atoms with E-state index in [1.165, 1.54) is 63.0 Å². The van der Waals surface area contributed by atoms with Crippen LogP contribution in [-0.2, 0) is 5.92 Å². The zero-order valence-electron chi connectivity index (χ0n) is 30.3. The van der Waals surface area contributed by atoms with Crippen LogP contribution in [-0.4, -0.2) is 30.7 Å². The molecule has 0 bridgehead atoms. The van der Waals surface area contributed by atoms with Gasteiger partial charge in [-0.2, -0.15) is 0 Å². The van der Waals surface area contributed by atoms with E-state index in [2.05, 4.69) is 48.3 Å². The molecule has 2 aliphatic rings. The van der Waals surface area contributed by atoms with Crippen LogP contribution in [0.4, 0.5) is 13.2 Å². The van der Waals surface area contributed by atoms with Gasteiger partial charge >= 0.3 is 0 Å². The van der Waals surface area contributed by atoms with Crippen molar-refractivity contribution in [3.05, 3.63) is 82.5 Å². The van der Waals surface area contributed by atoms with Gasteiger partial charge in [-0.05, 0) is 96.5 Å². The lowest BCUT2D eigenvalue weighted by Crippen LogP contribution is -2.40. The lowest BCUT2D eigenvalue weighted by Gasteiger charge is -2.37. The average molecular weight is 654 g/mol. The first-order chi connectivity index (χ1) is 22.4. The van der Waals surface area contributed by atoms with E-state index in [1.807, 2.05) is 20.8 Å². The number of hydrogen-bond donors (Lipinski definition) is 1. The maximum absolute atomic E-state index is 16.1. The van der Waals surface area contributed by atoms with E-state index in [1.54, 1.807) is 25.3 Å². The molecule has 1 saturated carbocycles. The van der Waals surface area contributed by atoms with Crippen LogP contribution >= 0.6 is 0 Å². The summed E-state index contributed by atoms with van der Waals surface area (Å²) >= 11 is 0. The van der Waals surface area contributed by atoms with Gasteiger partial charge in [0, 0.05) is 34.7 Å². The topological polar surface area (TPSA) is 27.6 Å². The minimum atomic E-state index is -3.24. The lowest BCUT2D eigenvalue weighted by molar-refractivity contribution is -0.0880. The highest BCUT2D eigenvalue weighted by molar-refractivity contribution is 5.57. The average Bonchev–Trinajstić information content (AvgIpc) is 3.03. The Balaban J connectivity index is 1.76. The van der Waals surface area contributed by atoms with E-state index in [4.69, 9.17) is 0 Å². The zero-order valence-corrected chi connectivity index (χ0v) is 30.3. The molecule has 2 fully saturated rings. The van der Waals surface area contributed by atoms with Gasteiger partial charge < -0.3 is 10.2 Å². The second-order valence-corrected chi connectivity index (χ2v) is 14.4. The first kappa shape index (κ1) is 38.8. The third-order valence-electron chi connectivity index (χ3n) is 10.6. The van der Waals surface area contributed by atoms with Crippen LogP contribution in [0.15, 0.2) is 70.5 Å². The number of hydrogen-bond acceptors (Lipinski definition) is 3. The van der Waals surface area contributed by atoms with Crippen molar-refractivity contribution in [1.82, 2.24) is 10.2 Å². The van der Waals surface area contributed by atoms with Crippen molar-refractivity contribution >= 4 is 6.21 Å². The van der Waals surface area contributed by atoms with Gasteiger partial charge in [-0.25, -0.2) is 13.2 Å². The Morgan fingerprint density at radius 3 is 2.32 bits per heavy atom. The monoisotopic (exact) mass is 653 g/mol. The molecule has 1 heterocycles. The smallest absolute Gasteiger partial charge is 0.278 e. The van der Waals surface area contributed by atoms with Crippen molar-refractivity contribution in [2.45, 2.75) is 137 Å². The predicted octanol–water partition coefficient (Wildman–Crippen LogP) is 12.0. The molecule has 1 aromatic carbocycles. The van der Waals surface area contributed by atoms with Gasteiger partial charge in [0.15, 0.2) is 0 Å². The molecule has 1 aromatic rings. The van der Waals surface area contributed by atoms with Crippen molar-refractivity contribution in [3.8, 4) is 0 Å². The van der Waals surface area contributed by atoms with Gasteiger partial charge in [0.1, 0.15) is 5.82 Å². The maximum atomic E-state index is 16.1. The van der Waals surface area contributed by atoms with Crippen molar-refractivity contribution in [2.75, 3.05) is 19.6 Å². The lowest BCUT2D eigenvalue weighted by atomic mass is 9.68. The largest absolute Gasteiger partial charge is 0.378 e. The van der Waals surface area contributed by atoms with Crippen LogP contribution < -0.4 is 5.32 Å². The van der Waals surface area contributed by atoms with Crippen LogP contribution in [0, 0.1) is 17.2 Å². The molecule has 0 aromatic heterocycles. The second-order valence-electron chi connectivity index (χ2n) is 14.4. The molecule has 1 saturated heterocycles. The SMILES string of the molecule is C=C(C)/C(=C\C(C(=C)N[C@H](C)c1cccc(C(F)(F)C2CCN(CCCCCCCC)CC2)c1F)=C(/C)N=CC)C1(C)CCCCC1. The highest BCUT2D eigenvalue weighted by atomic mass is 19.3. The third kappa shape index (κ3) is 10.4. The Labute approximate surface area is 284 Å². The summed E-state index contributed by atoms with van der Waals surface area (Å²) in [4.78, 5) is 6.86. The van der Waals surface area contributed by atoms with E-state index in [0.29, 0.717) is 31.6 Å². The van der Waals surface area contributed by atoms with Crippen molar-refractivity contribution in [3.63, 3.8) is 0 Å². The number of benzene rings is 1. The second kappa shape index (κ2) is 18.2. The van der Waals surface area contributed by atoms with Crippen LogP contribution in [0.2, 0.25) is 0 Å². The molecule has 0 unspecified atom stereocenters. The van der Waals surface area contributed by atoms with E-state index in [-0.39, 0.29) is 11.0 Å². The number of aliphatic imine (C=N–C) groups is 1. The molecular weight excluding hydrogens is 591 g/mol. The molecule has 3 nitrogen and oxygen atoms in total. The summed E-state index contributed by atoms with van der Waals surface area (Å²) in [6, 6.07) is 3.84. The van der Waals surface area contributed by atoms with Gasteiger partial charge in [-0.1, -0.05) is 102 Å². The summed E-state index contributed by atoms with van der Waals surface area (Å²) in [6.45, 7) is 23.1. The minimum absolute atomic E-state index is 0.00779. The Morgan fingerprint density at radius 1 is 1.06 bits per heavy atom. The summed E-state index contributed by atoms with van der Waals surface area (Å²) in [6.07, 6.45) is 17.8. The molecule has 6 heteroatoms. The minimum Gasteiger partial charge on any atom is -0.378 e. The molecule has 47 heavy (non-hydrogen) atoms. The van der Waals surface area contributed by atoms with E-state index < -0.39 is 29.3 Å². The number of likely N-dealkylation sites (tertiary alicyclic amines) is 1. The van der Waals surface area contributed by atoms with Crippen molar-refractivity contribution in [1.29, 1.82) is 0 Å². The number of allylic oxidation sites excluding steroid dienone is 4. The Bertz CT molecular complexity index is 1280. The number of nitrogens with one attached hydrogen (secondary N) is 1. The number of unbranched alkanes of at least 4 members (excludes halogenated alkanes) is 5. The molecule has 1 aliphatic carbocycles. The Hall–Kier alpha value is -2.60. The molecule has 0 amide bonds. The van der Waals surface area contributed by atoms with Crippen molar-refractivity contribution in [2.24, 2.45) is 16.3 Å². The standard InChI is InChI=1S/C41H62F3N3/c1-9-11-12-13-14-18-26-47-27-22-34(23-28-47)41(43,44)37-21-19-20-35(39(37)42)32(6)46-33(7)36(31(5)45-10-2)29-38(30(3)4)40(8)24-16-15-17-25-40/h10,19-21,29,32,34,46H,3,7,9,11-18,22-28H2,1-2,4-6,8H3/b36-31-,38-29+,45-10?/t32-/m1/s1. The highest BCUT2D eigenvalue weighted by Crippen LogP contribution is 2.46. The summed E-state index contributed by atoms with van der Waals surface area (Å²) in [5.41, 5.74) is 4.08. The zero-order chi connectivity index (χ0) is 34.6. The predicted molar refractivity (Wildman–Crippen MR) is 194 cm³/mol. The fraction of sp³-hybridized carbons (Fsp3) is 0.634. The van der Waals surface area contributed by atoms with Crippen molar-refractivity contribution < 1.29 is 13.2 Å². The highest BCUT2D eigenvalue weighted by Gasteiger charge is 2.45. The van der Waals surface area contributed by atoms with Gasteiger partial charge in [-0.3, -0.25) is 4.99 Å². The number of halogens is 3. The normalized spacial score (nSPS) is 19.5. The van der Waals surface area contributed by atoms with Gasteiger partial charge in [0.05, 0.1) is 11.6 Å². The van der Waals surface area contributed by atoms with Gasteiger partial charge in [0.2, 0.25) is 0 Å². The molecule has 1 N–H and O–H groups in total. The Kier molecular flexibility index (Phi) is 15.1. The van der Waals surface area contributed by atoms with E-state index in [9.17, 15) is 0 Å². The van der Waals surface area contributed by atoms with Gasteiger partial charge in [-0.15, -0.1) is 0 Å². The first-order valence-corrected chi connectivity index (χ1v) is 18.3. The van der Waals surface area contributed by atoms with E-state index >= 15 is 13.2 Å². The summed E-state index contributed by atoms with van der Waals surface area (Å²) in [5.74, 6) is -4.95. The number of rotatable bonds is 17. The summed E-state index contributed by atoms with van der Waals surface area (Å²) in [5, 5.41) is 3.34. The summed E-state index contributed by atoms with van der Waals surface area (Å²) in [7, 11) is 0. The fourth-order valence-corrected chi connectivity index (χ4v) is 7.64. The molecular formula is C41H62F3N3. The molecule has 0 spiro atoms. The third-order valence-corrected chi connectivity index (χ3v) is 10.6. The molecule has 262 valence electrons. The first-order valence-electron chi connectivity index (χ1n) is 18.3. The van der Waals surface area contributed by atoms with Crippen LogP contribution in [0.25, 0.3) is 0 Å². The molecule has 0 radical (unpaired) electrons. The van der Waals surface area contributed by atoms with Crippen LogP contribution in [0.1, 0.15) is 142 Å². The molecule has 1 aliphatic heterocycles. The van der Waals surface area contributed by atoms with Crippen LogP contribution in [0.5, 0.6) is 0 Å². The quantitative estimate of drug-likeness (QED) is 0.103. The van der Waals surface area contributed by atoms with E-state index in [0.717, 1.165) is 42.7 Å². The van der Waals surface area contributed by atoms with Crippen LogP contribution in [0.3, 0.4) is 0 Å². The summed E-state index contributed by atoms with van der Waals surface area (Å²) < 4.78 is 48.0. The molecule has 1 atom stereocenters. The number of alkyl halides is 2. The van der Waals surface area contributed by atoms with Gasteiger partial charge in [0.25, 0.3) is 5.92 Å². The molecule has 3 rings (SSSR count). The number of piperidine rings is 1. The fourth-order valence-electron chi connectivity index (χ4n) is 7.64. The Morgan fingerprint density at radius 2 is 1.70 bits per heavy atom. The number of nitrogens with zero attached hydrogens (tertiary/aromatic N) is 2.